The maximum absolute atomic E-state index is 11.0. The van der Waals surface area contributed by atoms with E-state index in [-0.39, 0.29) is 21.2 Å². The number of hydrogen-bond acceptors (Lipinski definition) is 2. The quantitative estimate of drug-likeness (QED) is 0.624. The molecule has 0 aromatic rings. The number of ketones is 2. The molecule has 0 saturated heterocycles. The third kappa shape index (κ3) is 1.66. The van der Waals surface area contributed by atoms with Crippen molar-refractivity contribution in [3.05, 3.63) is 0 Å². The molecule has 1 saturated carbocycles. The van der Waals surface area contributed by atoms with E-state index in [1.807, 2.05) is 0 Å². The average molecular weight is 270 g/mol. The van der Waals surface area contributed by atoms with Crippen molar-refractivity contribution >= 4 is 43.4 Å². The van der Waals surface area contributed by atoms with E-state index in [9.17, 15) is 9.59 Å². The van der Waals surface area contributed by atoms with E-state index >= 15 is 0 Å². The van der Waals surface area contributed by atoms with Crippen LogP contribution in [0.15, 0.2) is 0 Å². The van der Waals surface area contributed by atoms with E-state index in [4.69, 9.17) is 0 Å². The summed E-state index contributed by atoms with van der Waals surface area (Å²) in [6.45, 7) is 0. The lowest BCUT2D eigenvalue weighted by atomic mass is 9.98. The SMILES string of the molecule is O=C1CC(Br)C(=O)C(Br)C1. The highest BCUT2D eigenvalue weighted by atomic mass is 79.9. The minimum absolute atomic E-state index is 0.0830. The van der Waals surface area contributed by atoms with Gasteiger partial charge < -0.3 is 0 Å². The third-order valence-corrected chi connectivity index (χ3v) is 2.98. The molecule has 56 valence electrons. The van der Waals surface area contributed by atoms with E-state index in [0.29, 0.717) is 12.8 Å². The van der Waals surface area contributed by atoms with Crippen LogP contribution < -0.4 is 0 Å². The molecule has 10 heavy (non-hydrogen) atoms. The second-order valence-electron chi connectivity index (χ2n) is 2.28. The molecule has 0 N–H and O–H groups in total. The van der Waals surface area contributed by atoms with Crippen LogP contribution in [0.1, 0.15) is 12.8 Å². The van der Waals surface area contributed by atoms with Crippen molar-refractivity contribution in [1.82, 2.24) is 0 Å². The molecule has 2 nitrogen and oxygen atoms in total. The Bertz CT molecular complexity index is 163. The molecule has 0 heterocycles. The van der Waals surface area contributed by atoms with E-state index in [2.05, 4.69) is 31.9 Å². The highest BCUT2D eigenvalue weighted by molar-refractivity contribution is 9.10. The summed E-state index contributed by atoms with van der Waals surface area (Å²) < 4.78 is 0. The van der Waals surface area contributed by atoms with Gasteiger partial charge in [0.1, 0.15) is 5.78 Å². The Balaban J connectivity index is 2.66. The van der Waals surface area contributed by atoms with Crippen molar-refractivity contribution in [3.8, 4) is 0 Å². The molecule has 0 radical (unpaired) electrons. The summed E-state index contributed by atoms with van der Waals surface area (Å²) in [5.74, 6) is 0.225. The second kappa shape index (κ2) is 3.13. The van der Waals surface area contributed by atoms with Gasteiger partial charge in [-0.05, 0) is 0 Å². The summed E-state index contributed by atoms with van der Waals surface area (Å²) in [7, 11) is 0. The molecular weight excluding hydrogens is 264 g/mol. The average Bonchev–Trinajstić information content (AvgIpc) is 1.82. The van der Waals surface area contributed by atoms with Crippen molar-refractivity contribution < 1.29 is 9.59 Å². The van der Waals surface area contributed by atoms with Gasteiger partial charge in [0.2, 0.25) is 0 Å². The van der Waals surface area contributed by atoms with Crippen molar-refractivity contribution in [2.75, 3.05) is 0 Å². The van der Waals surface area contributed by atoms with Crippen molar-refractivity contribution in [2.45, 2.75) is 22.5 Å². The van der Waals surface area contributed by atoms with Crippen LogP contribution in [0.2, 0.25) is 0 Å². The van der Waals surface area contributed by atoms with Crippen LogP contribution in [-0.4, -0.2) is 21.2 Å². The van der Waals surface area contributed by atoms with Gasteiger partial charge in [-0.15, -0.1) is 0 Å². The lowest BCUT2D eigenvalue weighted by molar-refractivity contribution is -0.127. The maximum Gasteiger partial charge on any atom is 0.160 e. The van der Waals surface area contributed by atoms with Gasteiger partial charge in [0.15, 0.2) is 5.78 Å². The lowest BCUT2D eigenvalue weighted by Crippen LogP contribution is -2.33. The molecule has 1 aliphatic carbocycles. The van der Waals surface area contributed by atoms with Crippen molar-refractivity contribution in [1.29, 1.82) is 0 Å². The molecule has 0 amide bonds. The Kier molecular flexibility index (Phi) is 2.63. The van der Waals surface area contributed by atoms with Crippen LogP contribution in [0.5, 0.6) is 0 Å². The van der Waals surface area contributed by atoms with Crippen molar-refractivity contribution in [3.63, 3.8) is 0 Å². The summed E-state index contributed by atoms with van der Waals surface area (Å²) in [6, 6.07) is 0. The molecule has 0 bridgehead atoms. The fourth-order valence-corrected chi connectivity index (χ4v) is 2.60. The van der Waals surface area contributed by atoms with Crippen LogP contribution >= 0.6 is 31.9 Å². The standard InChI is InChI=1S/C6H6Br2O2/c7-4-1-3(9)2-5(8)6(4)10/h4-5H,1-2H2. The zero-order valence-corrected chi connectivity index (χ0v) is 8.31. The van der Waals surface area contributed by atoms with Gasteiger partial charge in [0.25, 0.3) is 0 Å². The molecule has 0 aromatic heterocycles. The zero-order valence-electron chi connectivity index (χ0n) is 5.14. The van der Waals surface area contributed by atoms with E-state index in [1.165, 1.54) is 0 Å². The van der Waals surface area contributed by atoms with Gasteiger partial charge >= 0.3 is 0 Å². The zero-order chi connectivity index (χ0) is 7.72. The second-order valence-corrected chi connectivity index (χ2v) is 4.50. The Morgan fingerprint density at radius 3 is 1.90 bits per heavy atom. The molecule has 2 unspecified atom stereocenters. The molecule has 2 atom stereocenters. The van der Waals surface area contributed by atoms with Crippen LogP contribution in [0.3, 0.4) is 0 Å². The van der Waals surface area contributed by atoms with E-state index in [1.54, 1.807) is 0 Å². The first-order valence-corrected chi connectivity index (χ1v) is 4.78. The maximum atomic E-state index is 11.0. The predicted octanol–water partition coefficient (Wildman–Crippen LogP) is 1.45. The Labute approximate surface area is 75.6 Å². The summed E-state index contributed by atoms with van der Waals surface area (Å²) in [4.78, 5) is 21.3. The monoisotopic (exact) mass is 268 g/mol. The van der Waals surface area contributed by atoms with Crippen LogP contribution in [-0.2, 0) is 9.59 Å². The Morgan fingerprint density at radius 2 is 1.50 bits per heavy atom. The summed E-state index contributed by atoms with van der Waals surface area (Å²) in [5, 5.41) is 0. The largest absolute Gasteiger partial charge is 0.300 e. The number of hydrogen-bond donors (Lipinski definition) is 0. The highest BCUT2D eigenvalue weighted by Crippen LogP contribution is 2.23. The summed E-state index contributed by atoms with van der Waals surface area (Å²) in [6.07, 6.45) is 0.696. The van der Waals surface area contributed by atoms with Gasteiger partial charge in [0.05, 0.1) is 9.65 Å². The molecule has 1 aliphatic rings. The Morgan fingerprint density at radius 1 is 1.10 bits per heavy atom. The van der Waals surface area contributed by atoms with Gasteiger partial charge in [-0.25, -0.2) is 0 Å². The minimum atomic E-state index is -0.266. The number of alkyl halides is 2. The number of carbonyl (C=O) groups is 2. The van der Waals surface area contributed by atoms with Gasteiger partial charge in [0, 0.05) is 12.8 Å². The van der Waals surface area contributed by atoms with Crippen molar-refractivity contribution in [2.24, 2.45) is 0 Å². The highest BCUT2D eigenvalue weighted by Gasteiger charge is 2.31. The topological polar surface area (TPSA) is 34.1 Å². The van der Waals surface area contributed by atoms with E-state index in [0.717, 1.165) is 0 Å². The summed E-state index contributed by atoms with van der Waals surface area (Å²) in [5.41, 5.74) is 0. The molecule has 1 rings (SSSR count). The number of carbonyl (C=O) groups excluding carboxylic acids is 2. The first-order valence-electron chi connectivity index (χ1n) is 2.95. The molecular formula is C6H6Br2O2. The number of halogens is 2. The lowest BCUT2D eigenvalue weighted by Gasteiger charge is -2.18. The molecule has 0 aromatic carbocycles. The van der Waals surface area contributed by atoms with Crippen LogP contribution in [0.4, 0.5) is 0 Å². The fraction of sp³-hybridized carbons (Fsp3) is 0.667. The normalized spacial score (nSPS) is 34.6. The van der Waals surface area contributed by atoms with Crippen LogP contribution in [0, 0.1) is 0 Å². The summed E-state index contributed by atoms with van der Waals surface area (Å²) >= 11 is 6.27. The van der Waals surface area contributed by atoms with E-state index < -0.39 is 0 Å². The molecule has 0 aliphatic heterocycles. The smallest absolute Gasteiger partial charge is 0.160 e. The van der Waals surface area contributed by atoms with Gasteiger partial charge in [-0.3, -0.25) is 9.59 Å². The fourth-order valence-electron chi connectivity index (χ4n) is 0.881. The molecule has 0 spiro atoms. The Hall–Kier alpha value is 0.300. The third-order valence-electron chi connectivity index (χ3n) is 1.43. The number of Topliss-reactive ketones (excluding diaryl/α,β-unsaturated/α-hetero) is 2. The van der Waals surface area contributed by atoms with Gasteiger partial charge in [-0.2, -0.15) is 0 Å². The molecule has 4 heteroatoms. The minimum Gasteiger partial charge on any atom is -0.300 e. The first-order chi connectivity index (χ1) is 4.61. The first kappa shape index (κ1) is 8.40. The predicted molar refractivity (Wildman–Crippen MR) is 44.7 cm³/mol. The van der Waals surface area contributed by atoms with Crippen LogP contribution in [0.25, 0.3) is 0 Å². The van der Waals surface area contributed by atoms with Gasteiger partial charge in [-0.1, -0.05) is 31.9 Å². The molecule has 1 fully saturated rings. The number of rotatable bonds is 0.